The fraction of sp³-hybridized carbons (Fsp3) is 0.625. The van der Waals surface area contributed by atoms with Crippen LogP contribution in [0.4, 0.5) is 18.0 Å². The molecular weight excluding hydrogens is 487 g/mol. The molecule has 192 valence electrons. The van der Waals surface area contributed by atoms with E-state index in [0.29, 0.717) is 18.0 Å². The smallest absolute Gasteiger partial charge is 0.407 e. The number of rotatable bonds is 5. The lowest BCUT2D eigenvalue weighted by atomic mass is 9.66. The summed E-state index contributed by atoms with van der Waals surface area (Å²) in [5.41, 5.74) is -2.91. The van der Waals surface area contributed by atoms with E-state index < -0.39 is 41.0 Å². The Kier molecular flexibility index (Phi) is 6.83. The summed E-state index contributed by atoms with van der Waals surface area (Å²) in [4.78, 5) is 41.1. The Labute approximate surface area is 206 Å². The van der Waals surface area contributed by atoms with Crippen molar-refractivity contribution < 1.29 is 32.7 Å². The van der Waals surface area contributed by atoms with Crippen molar-refractivity contribution in [2.45, 2.75) is 49.7 Å². The number of hydrogen-bond acceptors (Lipinski definition) is 4. The van der Waals surface area contributed by atoms with Crippen LogP contribution in [0.25, 0.3) is 0 Å². The number of halogens is 4. The summed E-state index contributed by atoms with van der Waals surface area (Å²) < 4.78 is 40.9. The van der Waals surface area contributed by atoms with Crippen molar-refractivity contribution in [3.05, 3.63) is 34.9 Å². The van der Waals surface area contributed by atoms with Crippen LogP contribution in [0.15, 0.2) is 24.3 Å². The van der Waals surface area contributed by atoms with E-state index in [0.717, 1.165) is 10.5 Å². The van der Waals surface area contributed by atoms with E-state index in [1.807, 2.05) is 0 Å². The van der Waals surface area contributed by atoms with E-state index in [-0.39, 0.29) is 51.1 Å². The quantitative estimate of drug-likeness (QED) is 0.620. The van der Waals surface area contributed by atoms with E-state index in [9.17, 15) is 32.7 Å². The molecule has 1 aliphatic carbocycles. The number of carboxylic acid groups (broad SMARTS) is 1. The molecule has 0 aromatic heterocycles. The summed E-state index contributed by atoms with van der Waals surface area (Å²) >= 11 is 6.01. The van der Waals surface area contributed by atoms with Crippen LogP contribution < -0.4 is 5.32 Å². The topological polar surface area (TPSA) is 90.0 Å². The zero-order chi connectivity index (χ0) is 25.6. The van der Waals surface area contributed by atoms with E-state index in [1.165, 1.54) is 11.9 Å². The summed E-state index contributed by atoms with van der Waals surface area (Å²) in [6.07, 6.45) is -5.48. The highest BCUT2D eigenvalue weighted by Crippen LogP contribution is 2.54. The maximum Gasteiger partial charge on any atom is 0.407 e. The van der Waals surface area contributed by atoms with Gasteiger partial charge in [0, 0.05) is 50.1 Å². The van der Waals surface area contributed by atoms with Crippen LogP contribution in [0, 0.1) is 11.3 Å². The molecule has 3 fully saturated rings. The minimum atomic E-state index is -4.59. The normalized spacial score (nSPS) is 26.8. The number of piperidine rings is 1. The number of carbonyl (C=O) groups is 3. The lowest BCUT2D eigenvalue weighted by Gasteiger charge is -2.47. The van der Waals surface area contributed by atoms with Crippen molar-refractivity contribution in [2.75, 3.05) is 33.2 Å². The van der Waals surface area contributed by atoms with Crippen molar-refractivity contribution in [1.29, 1.82) is 0 Å². The predicted molar refractivity (Wildman–Crippen MR) is 122 cm³/mol. The molecule has 2 heterocycles. The highest BCUT2D eigenvalue weighted by Gasteiger charge is 2.64. The molecule has 0 bridgehead atoms. The second-order valence-corrected chi connectivity index (χ2v) is 10.3. The van der Waals surface area contributed by atoms with Gasteiger partial charge in [-0.15, -0.1) is 0 Å². The van der Waals surface area contributed by atoms with E-state index in [2.05, 4.69) is 5.32 Å². The number of carbonyl (C=O) groups excluding carboxylic acids is 2. The lowest BCUT2D eigenvalue weighted by Crippen LogP contribution is -2.62. The fourth-order valence-corrected chi connectivity index (χ4v) is 6.01. The van der Waals surface area contributed by atoms with Gasteiger partial charge in [-0.25, -0.2) is 4.79 Å². The molecule has 0 spiro atoms. The van der Waals surface area contributed by atoms with E-state index in [1.54, 1.807) is 24.3 Å². The van der Waals surface area contributed by atoms with E-state index in [4.69, 9.17) is 11.6 Å². The summed E-state index contributed by atoms with van der Waals surface area (Å²) in [6, 6.07) is 6.92. The van der Waals surface area contributed by atoms with Gasteiger partial charge in [0.15, 0.2) is 5.78 Å². The molecule has 3 aliphatic rings. The number of hydrogen-bond donors (Lipinski definition) is 2. The first-order chi connectivity index (χ1) is 16.4. The van der Waals surface area contributed by atoms with Gasteiger partial charge in [0.25, 0.3) is 0 Å². The van der Waals surface area contributed by atoms with Crippen molar-refractivity contribution in [2.24, 2.45) is 11.3 Å². The molecule has 1 saturated carbocycles. The van der Waals surface area contributed by atoms with Crippen LogP contribution in [0.2, 0.25) is 5.02 Å². The van der Waals surface area contributed by atoms with Gasteiger partial charge in [0.2, 0.25) is 5.91 Å². The number of alkyl halides is 3. The Bertz CT molecular complexity index is 991. The van der Waals surface area contributed by atoms with Crippen LogP contribution >= 0.6 is 11.6 Å². The molecule has 4 rings (SSSR count). The summed E-state index contributed by atoms with van der Waals surface area (Å²) in [7, 11) is 1.37. The van der Waals surface area contributed by atoms with Gasteiger partial charge < -0.3 is 15.3 Å². The van der Waals surface area contributed by atoms with Gasteiger partial charge in [-0.3, -0.25) is 14.5 Å². The first-order valence-corrected chi connectivity index (χ1v) is 12.2. The first kappa shape index (κ1) is 25.8. The SMILES string of the molecule is CN(C(=O)O)[C@]1(C(=O)C2CCN(C(=O)C3(C(F)(F)F)CCC3)CC2)CNC[C@H]1c1ccc(Cl)cc1. The fourth-order valence-electron chi connectivity index (χ4n) is 5.88. The number of amides is 2. The summed E-state index contributed by atoms with van der Waals surface area (Å²) in [5, 5.41) is 13.5. The van der Waals surface area contributed by atoms with E-state index >= 15 is 0 Å². The summed E-state index contributed by atoms with van der Waals surface area (Å²) in [6.45, 7) is 0.590. The minimum absolute atomic E-state index is 0.0407. The van der Waals surface area contributed by atoms with Gasteiger partial charge >= 0.3 is 12.3 Å². The summed E-state index contributed by atoms with van der Waals surface area (Å²) in [5.74, 6) is -2.20. The second-order valence-electron chi connectivity index (χ2n) is 9.87. The average Bonchev–Trinajstić information content (AvgIpc) is 3.22. The van der Waals surface area contributed by atoms with Gasteiger partial charge in [-0.2, -0.15) is 13.2 Å². The number of likely N-dealkylation sites (N-methyl/N-ethyl adjacent to an activating group) is 1. The lowest BCUT2D eigenvalue weighted by molar-refractivity contribution is -0.249. The molecule has 2 aliphatic heterocycles. The van der Waals surface area contributed by atoms with Crippen LogP contribution in [-0.2, 0) is 9.59 Å². The third-order valence-corrected chi connectivity index (χ3v) is 8.47. The van der Waals surface area contributed by atoms with Gasteiger partial charge in [0.1, 0.15) is 11.0 Å². The minimum Gasteiger partial charge on any atom is -0.465 e. The number of nitrogens with one attached hydrogen (secondary N) is 1. The number of nitrogens with zero attached hydrogens (tertiary/aromatic N) is 2. The Balaban J connectivity index is 1.55. The molecule has 2 saturated heterocycles. The molecule has 2 N–H and O–H groups in total. The Morgan fingerprint density at radius 1 is 1.14 bits per heavy atom. The van der Waals surface area contributed by atoms with Crippen LogP contribution in [0.5, 0.6) is 0 Å². The highest BCUT2D eigenvalue weighted by atomic mass is 35.5. The van der Waals surface area contributed by atoms with Crippen LogP contribution in [0.1, 0.15) is 43.6 Å². The molecule has 35 heavy (non-hydrogen) atoms. The Morgan fingerprint density at radius 3 is 2.23 bits per heavy atom. The molecule has 2 amide bonds. The third-order valence-electron chi connectivity index (χ3n) is 8.22. The van der Waals surface area contributed by atoms with Crippen molar-refractivity contribution in [3.8, 4) is 0 Å². The van der Waals surface area contributed by atoms with Gasteiger partial charge in [-0.05, 0) is 43.4 Å². The van der Waals surface area contributed by atoms with Crippen molar-refractivity contribution in [1.82, 2.24) is 15.1 Å². The number of benzene rings is 1. The zero-order valence-corrected chi connectivity index (χ0v) is 20.2. The van der Waals surface area contributed by atoms with Crippen LogP contribution in [-0.4, -0.2) is 77.6 Å². The third kappa shape index (κ3) is 4.18. The molecule has 0 unspecified atom stereocenters. The van der Waals surface area contributed by atoms with Gasteiger partial charge in [-0.1, -0.05) is 30.2 Å². The Morgan fingerprint density at radius 2 is 1.74 bits per heavy atom. The molecule has 0 radical (unpaired) electrons. The first-order valence-electron chi connectivity index (χ1n) is 11.8. The second kappa shape index (κ2) is 9.28. The maximum atomic E-state index is 14.0. The highest BCUT2D eigenvalue weighted by molar-refractivity contribution is 6.30. The molecule has 7 nitrogen and oxygen atoms in total. The average molecular weight is 516 g/mol. The van der Waals surface area contributed by atoms with Crippen LogP contribution in [0.3, 0.4) is 0 Å². The largest absolute Gasteiger partial charge is 0.465 e. The van der Waals surface area contributed by atoms with Gasteiger partial charge in [0.05, 0.1) is 0 Å². The maximum absolute atomic E-state index is 14.0. The molecule has 2 atom stereocenters. The van der Waals surface area contributed by atoms with Crippen molar-refractivity contribution >= 4 is 29.4 Å². The Hall–Kier alpha value is -2.33. The molecular formula is C24H29ClF3N3O4. The number of Topliss-reactive ketones (excluding diaryl/α,β-unsaturated/α-hetero) is 1. The zero-order valence-electron chi connectivity index (χ0n) is 19.4. The monoisotopic (exact) mass is 515 g/mol. The van der Waals surface area contributed by atoms with Crippen molar-refractivity contribution in [3.63, 3.8) is 0 Å². The standard InChI is InChI=1S/C24H29ClF3N3O4/c1-30(21(34)35)23(14-29-13-18(23)15-3-5-17(25)6-4-15)19(32)16-7-11-31(12-8-16)20(33)22(9-2-10-22)24(26,27)28/h3-6,16,18,29H,2,7-14H2,1H3,(H,34,35)/t18-,23+/m0/s1. The number of likely N-dealkylation sites (tertiary alicyclic amines) is 1. The molecule has 1 aromatic carbocycles. The molecule has 1 aromatic rings. The number of ketones is 1. The molecule has 11 heteroatoms. The predicted octanol–water partition coefficient (Wildman–Crippen LogP) is 3.92.